The summed E-state index contributed by atoms with van der Waals surface area (Å²) in [6.07, 6.45) is 0.102. The van der Waals surface area contributed by atoms with Gasteiger partial charge in [-0.15, -0.1) is 0 Å². The van der Waals surface area contributed by atoms with Crippen molar-refractivity contribution in [2.75, 3.05) is 12.4 Å². The van der Waals surface area contributed by atoms with Crippen molar-refractivity contribution < 1.29 is 4.74 Å². The van der Waals surface area contributed by atoms with E-state index in [-0.39, 0.29) is 6.10 Å². The van der Waals surface area contributed by atoms with E-state index in [2.05, 4.69) is 22.9 Å². The van der Waals surface area contributed by atoms with Gasteiger partial charge in [-0.2, -0.15) is 0 Å². The second-order valence-corrected chi connectivity index (χ2v) is 1.66. The molecule has 0 amide bonds. The summed E-state index contributed by atoms with van der Waals surface area (Å²) < 4.78 is 4.74. The molecule has 0 aliphatic heterocycles. The normalized spacial score (nSPS) is 14.5. The van der Waals surface area contributed by atoms with Crippen LogP contribution in [0.25, 0.3) is 0 Å². The molecular weight excluding hydrogens is 144 g/mol. The van der Waals surface area contributed by atoms with E-state index in [0.717, 1.165) is 5.33 Å². The van der Waals surface area contributed by atoms with Gasteiger partial charge in [0.05, 0.1) is 6.10 Å². The van der Waals surface area contributed by atoms with Gasteiger partial charge in [0.25, 0.3) is 0 Å². The highest BCUT2D eigenvalue weighted by atomic mass is 79.9. The maximum Gasteiger partial charge on any atom is 0.0669 e. The van der Waals surface area contributed by atoms with E-state index >= 15 is 0 Å². The standard InChI is InChI=1S/C4H8BrO/c1-4(3-5)6-2/h4H,1,3H2,2H3. The molecule has 0 heterocycles. The molecule has 6 heavy (non-hydrogen) atoms. The molecular formula is C4H8BrO. The van der Waals surface area contributed by atoms with E-state index in [1.54, 1.807) is 7.11 Å². The lowest BCUT2D eigenvalue weighted by molar-refractivity contribution is 0.159. The topological polar surface area (TPSA) is 9.23 Å². The Morgan fingerprint density at radius 1 is 2.00 bits per heavy atom. The molecule has 0 spiro atoms. The number of rotatable bonds is 2. The number of hydrogen-bond donors (Lipinski definition) is 0. The van der Waals surface area contributed by atoms with Crippen LogP contribution >= 0.6 is 15.9 Å². The molecule has 1 atom stereocenters. The minimum atomic E-state index is 0.102. The van der Waals surface area contributed by atoms with E-state index < -0.39 is 0 Å². The van der Waals surface area contributed by atoms with Crippen molar-refractivity contribution in [1.82, 2.24) is 0 Å². The molecule has 0 aromatic heterocycles. The summed E-state index contributed by atoms with van der Waals surface area (Å²) in [6, 6.07) is 0. The smallest absolute Gasteiger partial charge is 0.0669 e. The van der Waals surface area contributed by atoms with Crippen molar-refractivity contribution in [3.8, 4) is 0 Å². The van der Waals surface area contributed by atoms with Crippen molar-refractivity contribution in [1.29, 1.82) is 0 Å². The molecule has 0 aromatic carbocycles. The van der Waals surface area contributed by atoms with Gasteiger partial charge < -0.3 is 4.74 Å². The molecule has 0 saturated heterocycles. The van der Waals surface area contributed by atoms with Crippen LogP contribution in [0.3, 0.4) is 0 Å². The zero-order valence-electron chi connectivity index (χ0n) is 3.78. The van der Waals surface area contributed by atoms with Crippen molar-refractivity contribution >= 4 is 15.9 Å². The predicted octanol–water partition coefficient (Wildman–Crippen LogP) is 1.23. The van der Waals surface area contributed by atoms with E-state index in [1.165, 1.54) is 0 Å². The van der Waals surface area contributed by atoms with Crippen LogP contribution < -0.4 is 0 Å². The molecule has 37 valence electrons. The predicted molar refractivity (Wildman–Crippen MR) is 29.9 cm³/mol. The van der Waals surface area contributed by atoms with Crippen LogP contribution in [0, 0.1) is 6.92 Å². The fraction of sp³-hybridized carbons (Fsp3) is 0.750. The highest BCUT2D eigenvalue weighted by Gasteiger charge is 1.90. The minimum Gasteiger partial charge on any atom is -0.381 e. The Kier molecular flexibility index (Phi) is 3.89. The number of methoxy groups -OCH3 is 1. The average Bonchev–Trinajstić information content (AvgIpc) is 1.65. The average molecular weight is 152 g/mol. The summed E-state index contributed by atoms with van der Waals surface area (Å²) in [5.74, 6) is 0. The number of halogens is 1. The summed E-state index contributed by atoms with van der Waals surface area (Å²) in [6.45, 7) is 3.61. The van der Waals surface area contributed by atoms with E-state index in [0.29, 0.717) is 0 Å². The lowest BCUT2D eigenvalue weighted by Crippen LogP contribution is -2.04. The van der Waals surface area contributed by atoms with Crippen LogP contribution in [0.2, 0.25) is 0 Å². The van der Waals surface area contributed by atoms with Crippen LogP contribution in [0.5, 0.6) is 0 Å². The maximum absolute atomic E-state index is 4.74. The Balaban J connectivity index is 2.75. The first-order valence-electron chi connectivity index (χ1n) is 1.73. The van der Waals surface area contributed by atoms with Gasteiger partial charge in [0.2, 0.25) is 0 Å². The Morgan fingerprint density at radius 2 is 2.50 bits per heavy atom. The maximum atomic E-state index is 4.74. The Hall–Kier alpha value is 0.440. The molecule has 1 unspecified atom stereocenters. The first-order valence-corrected chi connectivity index (χ1v) is 2.85. The molecule has 0 saturated carbocycles. The van der Waals surface area contributed by atoms with Crippen molar-refractivity contribution in [3.05, 3.63) is 6.92 Å². The fourth-order valence-electron chi connectivity index (χ4n) is 0.0630. The van der Waals surface area contributed by atoms with Gasteiger partial charge >= 0.3 is 0 Å². The number of alkyl halides is 1. The number of ether oxygens (including phenoxy) is 1. The molecule has 2 heteroatoms. The molecule has 1 nitrogen and oxygen atoms in total. The van der Waals surface area contributed by atoms with Crippen LogP contribution in [0.15, 0.2) is 0 Å². The van der Waals surface area contributed by atoms with Gasteiger partial charge in [0, 0.05) is 12.4 Å². The van der Waals surface area contributed by atoms with Crippen LogP contribution in [0.1, 0.15) is 0 Å². The molecule has 0 aromatic rings. The minimum absolute atomic E-state index is 0.102. The Bertz CT molecular complexity index is 26.7. The molecule has 0 fully saturated rings. The van der Waals surface area contributed by atoms with Crippen LogP contribution in [-0.4, -0.2) is 18.5 Å². The molecule has 0 rings (SSSR count). The molecule has 0 aliphatic rings. The van der Waals surface area contributed by atoms with Crippen molar-refractivity contribution in [3.63, 3.8) is 0 Å². The third kappa shape index (κ3) is 2.67. The molecule has 0 aliphatic carbocycles. The molecule has 0 N–H and O–H groups in total. The summed E-state index contributed by atoms with van der Waals surface area (Å²) in [5, 5.41) is 0.809. The first kappa shape index (κ1) is 6.44. The van der Waals surface area contributed by atoms with Crippen molar-refractivity contribution in [2.45, 2.75) is 6.10 Å². The van der Waals surface area contributed by atoms with Crippen molar-refractivity contribution in [2.24, 2.45) is 0 Å². The third-order valence-corrected chi connectivity index (χ3v) is 1.23. The van der Waals surface area contributed by atoms with Crippen LogP contribution in [-0.2, 0) is 4.74 Å². The van der Waals surface area contributed by atoms with E-state index in [4.69, 9.17) is 4.74 Å². The Labute approximate surface area is 46.8 Å². The third-order valence-electron chi connectivity index (χ3n) is 0.505. The lowest BCUT2D eigenvalue weighted by atomic mass is 10.5. The fourth-order valence-corrected chi connectivity index (χ4v) is 0.327. The van der Waals surface area contributed by atoms with Crippen LogP contribution in [0.4, 0.5) is 0 Å². The second-order valence-electron chi connectivity index (χ2n) is 1.01. The zero-order valence-corrected chi connectivity index (χ0v) is 5.36. The van der Waals surface area contributed by atoms with Gasteiger partial charge in [-0.1, -0.05) is 15.9 Å². The summed E-state index contributed by atoms with van der Waals surface area (Å²) in [4.78, 5) is 0. The Morgan fingerprint density at radius 3 is 2.50 bits per heavy atom. The quantitative estimate of drug-likeness (QED) is 0.540. The van der Waals surface area contributed by atoms with Gasteiger partial charge in [0.1, 0.15) is 0 Å². The van der Waals surface area contributed by atoms with E-state index in [9.17, 15) is 0 Å². The zero-order chi connectivity index (χ0) is 4.99. The largest absolute Gasteiger partial charge is 0.381 e. The highest BCUT2D eigenvalue weighted by molar-refractivity contribution is 9.09. The number of hydrogen-bond acceptors (Lipinski definition) is 1. The first-order chi connectivity index (χ1) is 2.81. The van der Waals surface area contributed by atoms with E-state index in [1.807, 2.05) is 0 Å². The van der Waals surface area contributed by atoms with Gasteiger partial charge in [-0.05, 0) is 6.92 Å². The summed E-state index contributed by atoms with van der Waals surface area (Å²) in [5.41, 5.74) is 0. The SMILES string of the molecule is [CH2]C(CBr)OC. The summed E-state index contributed by atoms with van der Waals surface area (Å²) in [7, 11) is 1.64. The molecule has 1 radical (unpaired) electrons. The summed E-state index contributed by atoms with van der Waals surface area (Å²) >= 11 is 3.19. The lowest BCUT2D eigenvalue weighted by Gasteiger charge is -2.00. The monoisotopic (exact) mass is 151 g/mol. The van der Waals surface area contributed by atoms with Gasteiger partial charge in [-0.25, -0.2) is 0 Å². The highest BCUT2D eigenvalue weighted by Crippen LogP contribution is 1.90. The van der Waals surface area contributed by atoms with Gasteiger partial charge in [0.15, 0.2) is 0 Å². The van der Waals surface area contributed by atoms with Gasteiger partial charge in [-0.3, -0.25) is 0 Å². The second kappa shape index (κ2) is 3.62. The molecule has 0 bridgehead atoms.